The molecule has 3 N–H and O–H groups in total. The quantitative estimate of drug-likeness (QED) is 0.679. The first-order chi connectivity index (χ1) is 13.5. The van der Waals surface area contributed by atoms with Crippen LogP contribution in [0.3, 0.4) is 0 Å². The standard InChI is InChI=1S/C19H22ClN7O/c1-26-11-14(8-23-26)27-6-2-3-12(10-27)17(28)9-22-18-15-7-13(20)4-5-16(15)24-19(21)25-18/h4-5,7-8,11-12H,2-3,6,9-10H2,1H3,(H3,21,22,24,25). The zero-order valence-corrected chi connectivity index (χ0v) is 16.4. The molecule has 1 aliphatic heterocycles. The molecule has 1 fully saturated rings. The zero-order valence-electron chi connectivity index (χ0n) is 15.6. The van der Waals surface area contributed by atoms with Gasteiger partial charge in [0.25, 0.3) is 0 Å². The van der Waals surface area contributed by atoms with Crippen molar-refractivity contribution in [1.29, 1.82) is 0 Å². The van der Waals surface area contributed by atoms with Crippen molar-refractivity contribution >= 4 is 45.7 Å². The van der Waals surface area contributed by atoms with Crippen LogP contribution in [0.4, 0.5) is 17.5 Å². The molecule has 1 aromatic carbocycles. The van der Waals surface area contributed by atoms with Crippen LogP contribution in [0.15, 0.2) is 30.6 Å². The molecule has 0 bridgehead atoms. The van der Waals surface area contributed by atoms with E-state index in [1.54, 1.807) is 22.9 Å². The monoisotopic (exact) mass is 399 g/mol. The van der Waals surface area contributed by atoms with Gasteiger partial charge in [0.1, 0.15) is 5.82 Å². The van der Waals surface area contributed by atoms with Crippen molar-refractivity contribution in [2.24, 2.45) is 13.0 Å². The number of rotatable bonds is 5. The van der Waals surface area contributed by atoms with E-state index in [-0.39, 0.29) is 24.2 Å². The number of carbonyl (C=O) groups excluding carboxylic acids is 1. The maximum absolute atomic E-state index is 12.8. The van der Waals surface area contributed by atoms with E-state index in [1.165, 1.54) is 0 Å². The average Bonchev–Trinajstić information content (AvgIpc) is 3.13. The summed E-state index contributed by atoms with van der Waals surface area (Å²) in [5.74, 6) is 0.805. The van der Waals surface area contributed by atoms with E-state index in [4.69, 9.17) is 17.3 Å². The molecule has 0 amide bonds. The Morgan fingerprint density at radius 2 is 2.25 bits per heavy atom. The third-order valence-electron chi connectivity index (χ3n) is 5.04. The molecule has 3 heterocycles. The number of nitrogens with one attached hydrogen (secondary N) is 1. The van der Waals surface area contributed by atoms with Crippen molar-refractivity contribution in [3.63, 3.8) is 0 Å². The molecule has 1 atom stereocenters. The Hall–Kier alpha value is -2.87. The smallest absolute Gasteiger partial charge is 0.222 e. The third kappa shape index (κ3) is 3.87. The second-order valence-corrected chi connectivity index (χ2v) is 7.51. The van der Waals surface area contributed by atoms with Crippen molar-refractivity contribution in [1.82, 2.24) is 19.7 Å². The average molecular weight is 400 g/mol. The van der Waals surface area contributed by atoms with Crippen LogP contribution in [0.2, 0.25) is 5.02 Å². The summed E-state index contributed by atoms with van der Waals surface area (Å²) in [6.07, 6.45) is 5.68. The maximum Gasteiger partial charge on any atom is 0.222 e. The molecular weight excluding hydrogens is 378 g/mol. The van der Waals surface area contributed by atoms with Gasteiger partial charge in [0.05, 0.1) is 23.9 Å². The highest BCUT2D eigenvalue weighted by Crippen LogP contribution is 2.26. The minimum absolute atomic E-state index is 0.0320. The lowest BCUT2D eigenvalue weighted by Gasteiger charge is -2.32. The number of hydrogen-bond donors (Lipinski definition) is 2. The van der Waals surface area contributed by atoms with Crippen molar-refractivity contribution in [2.75, 3.05) is 35.6 Å². The Morgan fingerprint density at radius 1 is 1.39 bits per heavy atom. The van der Waals surface area contributed by atoms with Gasteiger partial charge in [-0.25, -0.2) is 4.98 Å². The van der Waals surface area contributed by atoms with E-state index in [2.05, 4.69) is 25.3 Å². The summed E-state index contributed by atoms with van der Waals surface area (Å²) in [6.45, 7) is 1.82. The topological polar surface area (TPSA) is 102 Å². The Bertz CT molecular complexity index is 1020. The van der Waals surface area contributed by atoms with E-state index < -0.39 is 0 Å². The second-order valence-electron chi connectivity index (χ2n) is 7.07. The number of aromatic nitrogens is 4. The van der Waals surface area contributed by atoms with Crippen LogP contribution in [0.1, 0.15) is 12.8 Å². The van der Waals surface area contributed by atoms with Gasteiger partial charge in [-0.2, -0.15) is 10.1 Å². The lowest BCUT2D eigenvalue weighted by atomic mass is 9.93. The van der Waals surface area contributed by atoms with E-state index in [1.807, 2.05) is 19.4 Å². The van der Waals surface area contributed by atoms with Crippen molar-refractivity contribution in [2.45, 2.75) is 12.8 Å². The molecule has 146 valence electrons. The van der Waals surface area contributed by atoms with Crippen molar-refractivity contribution in [3.05, 3.63) is 35.6 Å². The second kappa shape index (κ2) is 7.63. The molecule has 28 heavy (non-hydrogen) atoms. The molecular formula is C19H22ClN7O. The molecule has 2 aromatic heterocycles. The Morgan fingerprint density at radius 3 is 3.04 bits per heavy atom. The van der Waals surface area contributed by atoms with Gasteiger partial charge in [-0.05, 0) is 31.0 Å². The fourth-order valence-electron chi connectivity index (χ4n) is 3.61. The van der Waals surface area contributed by atoms with Gasteiger partial charge in [0, 0.05) is 42.7 Å². The number of carbonyl (C=O) groups is 1. The number of fused-ring (bicyclic) bond motifs is 1. The van der Waals surface area contributed by atoms with Crippen LogP contribution >= 0.6 is 11.6 Å². The molecule has 3 aromatic rings. The molecule has 1 saturated heterocycles. The number of ketones is 1. The molecule has 1 unspecified atom stereocenters. The largest absolute Gasteiger partial charge is 0.368 e. The molecule has 9 heteroatoms. The molecule has 4 rings (SSSR count). The van der Waals surface area contributed by atoms with E-state index in [9.17, 15) is 4.79 Å². The summed E-state index contributed by atoms with van der Waals surface area (Å²) in [5.41, 5.74) is 7.54. The summed E-state index contributed by atoms with van der Waals surface area (Å²) in [6, 6.07) is 5.31. The van der Waals surface area contributed by atoms with Gasteiger partial charge in [-0.1, -0.05) is 11.6 Å². The molecule has 0 aliphatic carbocycles. The Labute approximate surface area is 167 Å². The lowest BCUT2D eigenvalue weighted by molar-refractivity contribution is -0.121. The number of hydrogen-bond acceptors (Lipinski definition) is 7. The maximum atomic E-state index is 12.8. The fraction of sp³-hybridized carbons (Fsp3) is 0.368. The van der Waals surface area contributed by atoms with Crippen LogP contribution in [0.25, 0.3) is 10.9 Å². The number of nitrogen functional groups attached to an aromatic ring is 1. The van der Waals surface area contributed by atoms with E-state index in [0.29, 0.717) is 22.9 Å². The first-order valence-corrected chi connectivity index (χ1v) is 9.60. The summed E-state index contributed by atoms with van der Waals surface area (Å²) in [4.78, 5) is 23.5. The molecule has 8 nitrogen and oxygen atoms in total. The number of Topliss-reactive ketones (excluding diaryl/α,β-unsaturated/α-hetero) is 1. The lowest BCUT2D eigenvalue weighted by Crippen LogP contribution is -2.40. The number of piperidine rings is 1. The number of anilines is 3. The number of nitrogens with zero attached hydrogens (tertiary/aromatic N) is 5. The molecule has 0 saturated carbocycles. The van der Waals surface area contributed by atoms with Crippen LogP contribution in [-0.2, 0) is 11.8 Å². The summed E-state index contributed by atoms with van der Waals surface area (Å²) in [5, 5.41) is 8.68. The molecule has 0 radical (unpaired) electrons. The Kier molecular flexibility index (Phi) is 5.04. The minimum atomic E-state index is -0.0320. The van der Waals surface area contributed by atoms with Gasteiger partial charge >= 0.3 is 0 Å². The summed E-state index contributed by atoms with van der Waals surface area (Å²) in [7, 11) is 1.89. The van der Waals surface area contributed by atoms with Crippen molar-refractivity contribution < 1.29 is 4.79 Å². The highest BCUT2D eigenvalue weighted by atomic mass is 35.5. The predicted octanol–water partition coefficient (Wildman–Crippen LogP) is 2.50. The van der Waals surface area contributed by atoms with Crippen LogP contribution in [-0.4, -0.2) is 45.2 Å². The summed E-state index contributed by atoms with van der Waals surface area (Å²) >= 11 is 6.10. The highest BCUT2D eigenvalue weighted by Gasteiger charge is 2.26. The predicted molar refractivity (Wildman–Crippen MR) is 111 cm³/mol. The summed E-state index contributed by atoms with van der Waals surface area (Å²) < 4.78 is 1.78. The van der Waals surface area contributed by atoms with Gasteiger partial charge in [0.2, 0.25) is 5.95 Å². The third-order valence-corrected chi connectivity index (χ3v) is 5.27. The van der Waals surface area contributed by atoms with Crippen LogP contribution < -0.4 is 16.0 Å². The van der Waals surface area contributed by atoms with Gasteiger partial charge in [0.15, 0.2) is 5.78 Å². The highest BCUT2D eigenvalue weighted by molar-refractivity contribution is 6.31. The van der Waals surface area contributed by atoms with Gasteiger partial charge in [-0.15, -0.1) is 0 Å². The molecule has 1 aliphatic rings. The normalized spacial score (nSPS) is 17.1. The SMILES string of the molecule is Cn1cc(N2CCCC(C(=O)CNc3nc(N)nc4ccc(Cl)cc34)C2)cn1. The van der Waals surface area contributed by atoms with E-state index in [0.717, 1.165) is 30.5 Å². The first kappa shape index (κ1) is 18.5. The number of nitrogens with two attached hydrogens (primary N) is 1. The van der Waals surface area contributed by atoms with E-state index >= 15 is 0 Å². The zero-order chi connectivity index (χ0) is 19.7. The van der Waals surface area contributed by atoms with Gasteiger partial charge in [-0.3, -0.25) is 9.48 Å². The van der Waals surface area contributed by atoms with Crippen molar-refractivity contribution in [3.8, 4) is 0 Å². The van der Waals surface area contributed by atoms with Crippen LogP contribution in [0.5, 0.6) is 0 Å². The fourth-order valence-corrected chi connectivity index (χ4v) is 3.79. The van der Waals surface area contributed by atoms with Gasteiger partial charge < -0.3 is 16.0 Å². The number of halogens is 1. The number of aryl methyl sites for hydroxylation is 1. The minimum Gasteiger partial charge on any atom is -0.368 e. The van der Waals surface area contributed by atoms with Crippen LogP contribution in [0, 0.1) is 5.92 Å². The molecule has 0 spiro atoms. The number of benzene rings is 1. The Balaban J connectivity index is 1.46. The first-order valence-electron chi connectivity index (χ1n) is 9.22.